The van der Waals surface area contributed by atoms with Crippen LogP contribution in [0.15, 0.2) is 53.4 Å². The molecule has 3 nitrogen and oxygen atoms in total. The van der Waals surface area contributed by atoms with Gasteiger partial charge in [0.1, 0.15) is 0 Å². The van der Waals surface area contributed by atoms with Crippen LogP contribution < -0.4 is 0 Å². The van der Waals surface area contributed by atoms with Crippen molar-refractivity contribution in [2.45, 2.75) is 68.7 Å². The lowest BCUT2D eigenvalue weighted by Gasteiger charge is -2.25. The average molecular weight is 384 g/mol. The van der Waals surface area contributed by atoms with Gasteiger partial charge < -0.3 is 0 Å². The maximum Gasteiger partial charge on any atom is 0.243 e. The summed E-state index contributed by atoms with van der Waals surface area (Å²) in [7, 11) is -3.46. The third-order valence-corrected chi connectivity index (χ3v) is 8.15. The molecule has 0 amide bonds. The van der Waals surface area contributed by atoms with Crippen LogP contribution in [0.4, 0.5) is 0 Å². The Labute approximate surface area is 163 Å². The Morgan fingerprint density at radius 2 is 1.41 bits per heavy atom. The average Bonchev–Trinajstić information content (AvgIpc) is 3.20. The zero-order chi connectivity index (χ0) is 18.9. The summed E-state index contributed by atoms with van der Waals surface area (Å²) in [6.45, 7) is 2.66. The van der Waals surface area contributed by atoms with Crippen LogP contribution in [0.2, 0.25) is 0 Å². The van der Waals surface area contributed by atoms with Gasteiger partial charge in [0.25, 0.3) is 0 Å². The van der Waals surface area contributed by atoms with Gasteiger partial charge in [-0.05, 0) is 61.8 Å². The fourth-order valence-electron chi connectivity index (χ4n) is 4.63. The van der Waals surface area contributed by atoms with E-state index in [1.807, 2.05) is 24.3 Å². The first kappa shape index (κ1) is 18.7. The second-order valence-electron chi connectivity index (χ2n) is 8.09. The van der Waals surface area contributed by atoms with E-state index in [2.05, 4.69) is 31.2 Å². The van der Waals surface area contributed by atoms with Gasteiger partial charge in [0, 0.05) is 6.54 Å². The molecule has 2 aromatic rings. The van der Waals surface area contributed by atoms with Crippen molar-refractivity contribution in [2.75, 3.05) is 6.54 Å². The van der Waals surface area contributed by atoms with Gasteiger partial charge in [-0.3, -0.25) is 0 Å². The van der Waals surface area contributed by atoms with E-state index >= 15 is 0 Å². The fourth-order valence-corrected chi connectivity index (χ4v) is 6.32. The molecule has 2 aromatic carbocycles. The molecule has 0 unspecified atom stereocenters. The fraction of sp³-hybridized carbons (Fsp3) is 0.478. The second-order valence-corrected chi connectivity index (χ2v) is 9.98. The van der Waals surface area contributed by atoms with Gasteiger partial charge in [-0.25, -0.2) is 8.42 Å². The summed E-state index contributed by atoms with van der Waals surface area (Å²) < 4.78 is 28.3. The number of benzene rings is 2. The third-order valence-electron chi connectivity index (χ3n) is 6.23. The maximum absolute atomic E-state index is 13.3. The van der Waals surface area contributed by atoms with E-state index in [-0.39, 0.29) is 6.04 Å². The van der Waals surface area contributed by atoms with Crippen LogP contribution >= 0.6 is 0 Å². The Balaban J connectivity index is 1.57. The van der Waals surface area contributed by atoms with E-state index < -0.39 is 10.0 Å². The van der Waals surface area contributed by atoms with E-state index in [0.717, 1.165) is 18.4 Å². The summed E-state index contributed by atoms with van der Waals surface area (Å²) in [4.78, 5) is 0.432. The lowest BCUT2D eigenvalue weighted by Crippen LogP contribution is -2.30. The molecule has 1 aliphatic carbocycles. The van der Waals surface area contributed by atoms with Crippen molar-refractivity contribution >= 4 is 10.0 Å². The quantitative estimate of drug-likeness (QED) is 0.692. The summed E-state index contributed by atoms with van der Waals surface area (Å²) in [6.07, 6.45) is 8.17. The summed E-state index contributed by atoms with van der Waals surface area (Å²) in [5.41, 5.74) is 3.59. The van der Waals surface area contributed by atoms with Gasteiger partial charge in [-0.1, -0.05) is 61.2 Å². The molecule has 0 N–H and O–H groups in total. The Morgan fingerprint density at radius 1 is 0.778 bits per heavy atom. The Hall–Kier alpha value is -1.65. The molecular weight excluding hydrogens is 354 g/mol. The van der Waals surface area contributed by atoms with Gasteiger partial charge in [0.05, 0.1) is 10.9 Å². The minimum atomic E-state index is -3.46. The molecule has 1 aliphatic heterocycles. The monoisotopic (exact) mass is 383 g/mol. The normalized spacial score (nSPS) is 22.2. The van der Waals surface area contributed by atoms with Gasteiger partial charge >= 0.3 is 0 Å². The summed E-state index contributed by atoms with van der Waals surface area (Å²) in [5.74, 6) is 0.600. The molecule has 2 aliphatic rings. The van der Waals surface area contributed by atoms with E-state index in [0.29, 0.717) is 17.4 Å². The van der Waals surface area contributed by atoms with Gasteiger partial charge in [0.15, 0.2) is 0 Å². The minimum Gasteiger partial charge on any atom is -0.207 e. The smallest absolute Gasteiger partial charge is 0.207 e. The van der Waals surface area contributed by atoms with Crippen LogP contribution in [0.3, 0.4) is 0 Å². The summed E-state index contributed by atoms with van der Waals surface area (Å²) >= 11 is 0. The summed E-state index contributed by atoms with van der Waals surface area (Å²) in [5, 5.41) is 0. The van der Waals surface area contributed by atoms with Crippen molar-refractivity contribution in [1.82, 2.24) is 4.31 Å². The van der Waals surface area contributed by atoms with Crippen molar-refractivity contribution in [1.29, 1.82) is 0 Å². The van der Waals surface area contributed by atoms with Crippen molar-refractivity contribution in [3.63, 3.8) is 0 Å². The molecule has 144 valence electrons. The topological polar surface area (TPSA) is 37.4 Å². The number of aryl methyl sites for hydroxylation is 1. The van der Waals surface area contributed by atoms with Gasteiger partial charge in [-0.2, -0.15) is 4.31 Å². The molecule has 0 aromatic heterocycles. The highest BCUT2D eigenvalue weighted by Gasteiger charge is 2.36. The molecular formula is C23H29NO2S. The van der Waals surface area contributed by atoms with Crippen LogP contribution in [-0.2, 0) is 10.0 Å². The van der Waals surface area contributed by atoms with Crippen molar-refractivity contribution in [3.05, 3.63) is 65.2 Å². The molecule has 1 saturated heterocycles. The van der Waals surface area contributed by atoms with E-state index in [1.165, 1.54) is 43.2 Å². The number of hydrogen-bond acceptors (Lipinski definition) is 2. The van der Waals surface area contributed by atoms with Crippen LogP contribution in [0.25, 0.3) is 0 Å². The lowest BCUT2D eigenvalue weighted by molar-refractivity contribution is 0.396. The van der Waals surface area contributed by atoms with Crippen LogP contribution in [0, 0.1) is 6.92 Å². The summed E-state index contributed by atoms with van der Waals surface area (Å²) in [6, 6.07) is 16.0. The zero-order valence-electron chi connectivity index (χ0n) is 16.1. The van der Waals surface area contributed by atoms with E-state index in [1.54, 1.807) is 4.31 Å². The number of nitrogens with zero attached hydrogens (tertiary/aromatic N) is 1. The van der Waals surface area contributed by atoms with Gasteiger partial charge in [-0.15, -0.1) is 0 Å². The third kappa shape index (κ3) is 3.83. The molecule has 0 radical (unpaired) electrons. The number of sulfonamides is 1. The predicted molar refractivity (Wildman–Crippen MR) is 109 cm³/mol. The molecule has 27 heavy (non-hydrogen) atoms. The highest BCUT2D eigenvalue weighted by Crippen LogP contribution is 2.37. The maximum atomic E-state index is 13.3. The number of rotatable bonds is 4. The second kappa shape index (κ2) is 7.76. The Morgan fingerprint density at radius 3 is 2.07 bits per heavy atom. The molecule has 1 heterocycles. The molecule has 2 fully saturated rings. The number of hydrogen-bond donors (Lipinski definition) is 0. The first-order valence-electron chi connectivity index (χ1n) is 10.2. The van der Waals surface area contributed by atoms with Crippen molar-refractivity contribution in [3.8, 4) is 0 Å². The molecule has 4 heteroatoms. The van der Waals surface area contributed by atoms with Gasteiger partial charge in [0.2, 0.25) is 10.0 Å². The van der Waals surface area contributed by atoms with Crippen LogP contribution in [-0.4, -0.2) is 19.3 Å². The lowest BCUT2D eigenvalue weighted by atomic mass is 9.84. The highest BCUT2D eigenvalue weighted by molar-refractivity contribution is 7.89. The SMILES string of the molecule is Cc1ccc([C@@H]2CCCN2S(=O)(=O)c2ccc(C3CCCCC3)cc2)cc1. The first-order valence-corrected chi connectivity index (χ1v) is 11.7. The predicted octanol–water partition coefficient (Wildman–Crippen LogP) is 5.57. The van der Waals surface area contributed by atoms with E-state index in [9.17, 15) is 8.42 Å². The van der Waals surface area contributed by atoms with E-state index in [4.69, 9.17) is 0 Å². The Kier molecular flexibility index (Phi) is 5.38. The molecule has 4 rings (SSSR count). The molecule has 0 bridgehead atoms. The van der Waals surface area contributed by atoms with Crippen LogP contribution in [0.5, 0.6) is 0 Å². The van der Waals surface area contributed by atoms with Crippen molar-refractivity contribution < 1.29 is 8.42 Å². The van der Waals surface area contributed by atoms with Crippen molar-refractivity contribution in [2.24, 2.45) is 0 Å². The van der Waals surface area contributed by atoms with Crippen LogP contribution in [0.1, 0.15) is 73.6 Å². The molecule has 0 spiro atoms. The zero-order valence-corrected chi connectivity index (χ0v) is 16.9. The Bertz CT molecular complexity index is 866. The molecule has 1 saturated carbocycles. The molecule has 1 atom stereocenters. The first-order chi connectivity index (χ1) is 13.1. The standard InChI is InChI=1S/C23H29NO2S/c1-18-9-11-21(12-10-18)23-8-5-17-24(23)27(25,26)22-15-13-20(14-16-22)19-6-3-2-4-7-19/h9-16,19,23H,2-8,17H2,1H3/t23-/m0/s1. The highest BCUT2D eigenvalue weighted by atomic mass is 32.2. The largest absolute Gasteiger partial charge is 0.243 e. The minimum absolute atomic E-state index is 0.0476.